The van der Waals surface area contributed by atoms with Crippen LogP contribution in [0.4, 0.5) is 4.39 Å². The van der Waals surface area contributed by atoms with E-state index in [9.17, 15) is 9.18 Å². The largest absolute Gasteiger partial charge is 0.478 e. The van der Waals surface area contributed by atoms with Crippen molar-refractivity contribution in [2.75, 3.05) is 20.3 Å². The molecule has 1 N–H and O–H groups in total. The van der Waals surface area contributed by atoms with Gasteiger partial charge in [0.15, 0.2) is 0 Å². The van der Waals surface area contributed by atoms with Crippen LogP contribution in [0, 0.1) is 5.82 Å². The summed E-state index contributed by atoms with van der Waals surface area (Å²) in [5.74, 6) is -1.86. The number of carbonyl (C=O) groups is 1. The standard InChI is InChI=1S/C14H18FNO3/c1-16(11-5-7-19-8-6-11)9-10-3-2-4-12(13(10)15)14(17)18/h2-4,11H,5-9H2,1H3,(H,17,18). The van der Waals surface area contributed by atoms with Gasteiger partial charge in [-0.05, 0) is 26.0 Å². The molecule has 0 spiro atoms. The lowest BCUT2D eigenvalue weighted by Crippen LogP contribution is -2.36. The second-order valence-corrected chi connectivity index (χ2v) is 4.84. The van der Waals surface area contributed by atoms with Crippen molar-refractivity contribution in [1.82, 2.24) is 4.90 Å². The average Bonchev–Trinajstić information content (AvgIpc) is 2.41. The van der Waals surface area contributed by atoms with Gasteiger partial charge in [-0.2, -0.15) is 0 Å². The van der Waals surface area contributed by atoms with Gasteiger partial charge in [0.2, 0.25) is 0 Å². The quantitative estimate of drug-likeness (QED) is 0.908. The molecule has 0 aromatic heterocycles. The summed E-state index contributed by atoms with van der Waals surface area (Å²) >= 11 is 0. The molecular weight excluding hydrogens is 249 g/mol. The third-order valence-corrected chi connectivity index (χ3v) is 3.54. The number of benzene rings is 1. The number of ether oxygens (including phenoxy) is 1. The van der Waals surface area contributed by atoms with Crippen LogP contribution in [0.15, 0.2) is 18.2 Å². The summed E-state index contributed by atoms with van der Waals surface area (Å²) in [6, 6.07) is 4.87. The third kappa shape index (κ3) is 3.30. The molecule has 104 valence electrons. The van der Waals surface area contributed by atoms with Crippen LogP contribution >= 0.6 is 0 Å². The van der Waals surface area contributed by atoms with Crippen molar-refractivity contribution in [3.8, 4) is 0 Å². The van der Waals surface area contributed by atoms with Crippen LogP contribution in [0.1, 0.15) is 28.8 Å². The van der Waals surface area contributed by atoms with Gasteiger partial charge in [0, 0.05) is 31.4 Å². The summed E-state index contributed by atoms with van der Waals surface area (Å²) in [7, 11) is 1.93. The van der Waals surface area contributed by atoms with Gasteiger partial charge < -0.3 is 9.84 Å². The highest BCUT2D eigenvalue weighted by Crippen LogP contribution is 2.19. The molecule has 1 aromatic carbocycles. The fourth-order valence-corrected chi connectivity index (χ4v) is 2.39. The van der Waals surface area contributed by atoms with Gasteiger partial charge in [-0.25, -0.2) is 9.18 Å². The fourth-order valence-electron chi connectivity index (χ4n) is 2.39. The Morgan fingerprint density at radius 3 is 2.79 bits per heavy atom. The molecule has 0 atom stereocenters. The molecule has 2 rings (SSSR count). The van der Waals surface area contributed by atoms with Crippen LogP contribution < -0.4 is 0 Å². The van der Waals surface area contributed by atoms with E-state index in [4.69, 9.17) is 9.84 Å². The molecule has 19 heavy (non-hydrogen) atoms. The zero-order valence-electron chi connectivity index (χ0n) is 10.9. The minimum absolute atomic E-state index is 0.266. The lowest BCUT2D eigenvalue weighted by atomic mass is 10.1. The highest BCUT2D eigenvalue weighted by Gasteiger charge is 2.21. The maximum atomic E-state index is 14.0. The predicted molar refractivity (Wildman–Crippen MR) is 68.7 cm³/mol. The molecule has 1 heterocycles. The van der Waals surface area contributed by atoms with Crippen LogP contribution in [-0.2, 0) is 11.3 Å². The van der Waals surface area contributed by atoms with Gasteiger partial charge in [-0.1, -0.05) is 12.1 Å². The Morgan fingerprint density at radius 1 is 1.47 bits per heavy atom. The van der Waals surface area contributed by atoms with E-state index in [2.05, 4.69) is 4.90 Å². The SMILES string of the molecule is CN(Cc1cccc(C(=O)O)c1F)C1CCOCC1. The second kappa shape index (κ2) is 6.12. The number of hydrogen-bond donors (Lipinski definition) is 1. The van der Waals surface area contributed by atoms with Gasteiger partial charge in [0.25, 0.3) is 0 Å². The number of nitrogens with zero attached hydrogens (tertiary/aromatic N) is 1. The van der Waals surface area contributed by atoms with E-state index in [1.807, 2.05) is 7.05 Å². The lowest BCUT2D eigenvalue weighted by molar-refractivity contribution is 0.0404. The van der Waals surface area contributed by atoms with Crippen molar-refractivity contribution in [1.29, 1.82) is 0 Å². The molecule has 0 unspecified atom stereocenters. The highest BCUT2D eigenvalue weighted by molar-refractivity contribution is 5.88. The lowest BCUT2D eigenvalue weighted by Gasteiger charge is -2.31. The molecule has 5 heteroatoms. The summed E-state index contributed by atoms with van der Waals surface area (Å²) < 4.78 is 19.3. The molecule has 0 amide bonds. The topological polar surface area (TPSA) is 49.8 Å². The van der Waals surface area contributed by atoms with Crippen molar-refractivity contribution < 1.29 is 19.0 Å². The number of carboxylic acids is 1. The van der Waals surface area contributed by atoms with Crippen LogP contribution in [0.2, 0.25) is 0 Å². The Kier molecular flexibility index (Phi) is 4.50. The smallest absolute Gasteiger partial charge is 0.338 e. The number of hydrogen-bond acceptors (Lipinski definition) is 3. The monoisotopic (exact) mass is 267 g/mol. The average molecular weight is 267 g/mol. The van der Waals surface area contributed by atoms with E-state index in [-0.39, 0.29) is 5.56 Å². The molecule has 1 aliphatic rings. The fraction of sp³-hybridized carbons (Fsp3) is 0.500. The van der Waals surface area contributed by atoms with Gasteiger partial charge in [0.1, 0.15) is 5.82 Å². The van der Waals surface area contributed by atoms with E-state index >= 15 is 0 Å². The van der Waals surface area contributed by atoms with Crippen molar-refractivity contribution in [3.05, 3.63) is 35.1 Å². The van der Waals surface area contributed by atoms with E-state index in [1.54, 1.807) is 12.1 Å². The normalized spacial score (nSPS) is 16.8. The molecule has 0 aliphatic carbocycles. The van der Waals surface area contributed by atoms with Gasteiger partial charge >= 0.3 is 5.97 Å². The maximum Gasteiger partial charge on any atom is 0.338 e. The van der Waals surface area contributed by atoms with E-state index < -0.39 is 11.8 Å². The minimum Gasteiger partial charge on any atom is -0.478 e. The van der Waals surface area contributed by atoms with Crippen molar-refractivity contribution in [2.45, 2.75) is 25.4 Å². The first-order chi connectivity index (χ1) is 9.09. The summed E-state index contributed by atoms with van der Waals surface area (Å²) in [4.78, 5) is 13.0. The Hall–Kier alpha value is -1.46. The molecule has 0 saturated carbocycles. The molecule has 0 bridgehead atoms. The maximum absolute atomic E-state index is 14.0. The van der Waals surface area contributed by atoms with Crippen molar-refractivity contribution >= 4 is 5.97 Å². The first-order valence-electron chi connectivity index (χ1n) is 6.38. The minimum atomic E-state index is -1.23. The van der Waals surface area contributed by atoms with Gasteiger partial charge in [-0.3, -0.25) is 4.90 Å². The summed E-state index contributed by atoms with van der Waals surface area (Å²) in [5, 5.41) is 8.90. The molecule has 0 radical (unpaired) electrons. The van der Waals surface area contributed by atoms with Crippen LogP contribution in [0.3, 0.4) is 0 Å². The number of rotatable bonds is 4. The van der Waals surface area contributed by atoms with Gasteiger partial charge in [0.05, 0.1) is 5.56 Å². The Balaban J connectivity index is 2.10. The zero-order valence-corrected chi connectivity index (χ0v) is 10.9. The summed E-state index contributed by atoms with van der Waals surface area (Å²) in [6.07, 6.45) is 1.85. The van der Waals surface area contributed by atoms with Crippen LogP contribution in [-0.4, -0.2) is 42.3 Å². The number of halogens is 1. The van der Waals surface area contributed by atoms with Crippen LogP contribution in [0.5, 0.6) is 0 Å². The van der Waals surface area contributed by atoms with Crippen LogP contribution in [0.25, 0.3) is 0 Å². The second-order valence-electron chi connectivity index (χ2n) is 4.84. The molecule has 1 aromatic rings. The zero-order chi connectivity index (χ0) is 13.8. The van der Waals surface area contributed by atoms with E-state index in [1.165, 1.54) is 6.07 Å². The van der Waals surface area contributed by atoms with Crippen molar-refractivity contribution in [2.24, 2.45) is 0 Å². The van der Waals surface area contributed by atoms with Gasteiger partial charge in [-0.15, -0.1) is 0 Å². The third-order valence-electron chi connectivity index (χ3n) is 3.54. The Bertz CT molecular complexity index is 458. The molecule has 1 aliphatic heterocycles. The number of carboxylic acid groups (broad SMARTS) is 1. The molecule has 4 nitrogen and oxygen atoms in total. The summed E-state index contributed by atoms with van der Waals surface area (Å²) in [6.45, 7) is 1.87. The first kappa shape index (κ1) is 14.0. The highest BCUT2D eigenvalue weighted by atomic mass is 19.1. The van der Waals surface area contributed by atoms with Crippen molar-refractivity contribution in [3.63, 3.8) is 0 Å². The Labute approximate surface area is 111 Å². The molecule has 1 saturated heterocycles. The number of aromatic carboxylic acids is 1. The molecule has 1 fully saturated rings. The first-order valence-corrected chi connectivity index (χ1v) is 6.38. The Morgan fingerprint density at radius 2 is 2.16 bits per heavy atom. The van der Waals surface area contributed by atoms with E-state index in [0.717, 1.165) is 26.1 Å². The van der Waals surface area contributed by atoms with E-state index in [0.29, 0.717) is 18.2 Å². The predicted octanol–water partition coefficient (Wildman–Crippen LogP) is 2.13. The summed E-state index contributed by atoms with van der Waals surface area (Å²) in [5.41, 5.74) is 0.159. The molecular formula is C14H18FNO3.